The van der Waals surface area contributed by atoms with Crippen molar-refractivity contribution in [1.29, 1.82) is 0 Å². The average molecular weight is 479 g/mol. The van der Waals surface area contributed by atoms with Crippen molar-refractivity contribution in [3.05, 3.63) is 0 Å². The number of amides is 1. The zero-order valence-corrected chi connectivity index (χ0v) is 19.3. The lowest BCUT2D eigenvalue weighted by Gasteiger charge is -2.33. The molecule has 1 amide bonds. The highest BCUT2D eigenvalue weighted by Crippen LogP contribution is 2.38. The fraction of sp³-hybridized carbons (Fsp3) is 0.895. The Hall–Kier alpha value is -0.570. The van der Waals surface area contributed by atoms with Crippen LogP contribution in [-0.2, 0) is 4.79 Å². The Morgan fingerprint density at radius 3 is 2.50 bits per heavy atom. The van der Waals surface area contributed by atoms with Crippen molar-refractivity contribution in [2.24, 2.45) is 16.3 Å². The fourth-order valence-electron chi connectivity index (χ4n) is 4.31. The van der Waals surface area contributed by atoms with Gasteiger partial charge in [0.2, 0.25) is 5.91 Å². The molecule has 6 nitrogen and oxygen atoms in total. The molecule has 0 spiro atoms. The van der Waals surface area contributed by atoms with Crippen molar-refractivity contribution in [2.45, 2.75) is 45.4 Å². The first-order chi connectivity index (χ1) is 12.0. The summed E-state index contributed by atoms with van der Waals surface area (Å²) in [6.45, 7) is 7.40. The summed E-state index contributed by atoms with van der Waals surface area (Å²) in [5.41, 5.74) is -0.259. The Kier molecular flexibility index (Phi) is 10.2. The summed E-state index contributed by atoms with van der Waals surface area (Å²) in [4.78, 5) is 21.3. The molecule has 1 aliphatic heterocycles. The van der Waals surface area contributed by atoms with Crippen LogP contribution in [0.2, 0.25) is 0 Å². The van der Waals surface area contributed by atoms with Crippen LogP contribution in [0.25, 0.3) is 0 Å². The second-order valence-corrected chi connectivity index (χ2v) is 7.90. The van der Waals surface area contributed by atoms with E-state index in [1.807, 2.05) is 21.1 Å². The number of rotatable bonds is 6. The first-order valence-corrected chi connectivity index (χ1v) is 9.89. The van der Waals surface area contributed by atoms with Crippen LogP contribution < -0.4 is 10.6 Å². The number of aliphatic imine (C=N–C) groups is 1. The maximum atomic E-state index is 12.7. The molecule has 1 heterocycles. The van der Waals surface area contributed by atoms with Gasteiger partial charge in [-0.1, -0.05) is 19.8 Å². The lowest BCUT2D eigenvalue weighted by atomic mass is 9.84. The van der Waals surface area contributed by atoms with Crippen molar-refractivity contribution in [3.63, 3.8) is 0 Å². The molecule has 2 aliphatic rings. The van der Waals surface area contributed by atoms with Gasteiger partial charge in [0.15, 0.2) is 5.96 Å². The molecule has 0 aromatic carbocycles. The normalized spacial score (nSPS) is 23.2. The average Bonchev–Trinajstić information content (AvgIpc) is 3.11. The number of guanidine groups is 1. The van der Waals surface area contributed by atoms with Crippen LogP contribution >= 0.6 is 24.0 Å². The second kappa shape index (κ2) is 11.3. The third-order valence-electron chi connectivity index (χ3n) is 5.85. The van der Waals surface area contributed by atoms with Crippen LogP contribution in [0.5, 0.6) is 0 Å². The highest BCUT2D eigenvalue weighted by Gasteiger charge is 2.42. The van der Waals surface area contributed by atoms with Gasteiger partial charge in [-0.15, -0.1) is 24.0 Å². The topological polar surface area (TPSA) is 60.0 Å². The first-order valence-electron chi connectivity index (χ1n) is 9.89. The summed E-state index contributed by atoms with van der Waals surface area (Å²) in [5.74, 6) is 1.75. The molecule has 1 aliphatic carbocycles. The van der Waals surface area contributed by atoms with Crippen LogP contribution in [0.15, 0.2) is 4.99 Å². The fourth-order valence-corrected chi connectivity index (χ4v) is 4.31. The molecule has 1 saturated carbocycles. The molecular formula is C19H38IN5O. The van der Waals surface area contributed by atoms with Crippen LogP contribution in [0, 0.1) is 11.3 Å². The predicted octanol–water partition coefficient (Wildman–Crippen LogP) is 2.15. The number of halogens is 1. The number of piperidine rings is 1. The van der Waals surface area contributed by atoms with Gasteiger partial charge in [0.1, 0.15) is 0 Å². The van der Waals surface area contributed by atoms with Gasteiger partial charge < -0.3 is 20.4 Å². The van der Waals surface area contributed by atoms with Crippen molar-refractivity contribution < 1.29 is 4.79 Å². The number of hydrogen-bond donors (Lipinski definition) is 2. The Labute approximate surface area is 176 Å². The third kappa shape index (κ3) is 6.25. The van der Waals surface area contributed by atoms with E-state index in [0.717, 1.165) is 44.7 Å². The Morgan fingerprint density at radius 2 is 1.92 bits per heavy atom. The van der Waals surface area contributed by atoms with E-state index in [4.69, 9.17) is 0 Å². The highest BCUT2D eigenvalue weighted by atomic mass is 127. The molecule has 26 heavy (non-hydrogen) atoms. The summed E-state index contributed by atoms with van der Waals surface area (Å²) < 4.78 is 0. The minimum Gasteiger partial charge on any atom is -0.356 e. The number of nitrogens with one attached hydrogen (secondary N) is 2. The maximum absolute atomic E-state index is 12.7. The summed E-state index contributed by atoms with van der Waals surface area (Å²) in [6, 6.07) is 0. The number of carbonyl (C=O) groups is 1. The maximum Gasteiger partial charge on any atom is 0.230 e. The first kappa shape index (κ1) is 23.5. The Balaban J connectivity index is 0.00000338. The van der Waals surface area contributed by atoms with E-state index in [9.17, 15) is 4.79 Å². The van der Waals surface area contributed by atoms with E-state index >= 15 is 0 Å². The standard InChI is InChI=1S/C19H37N5O.HI/c1-5-24-12-8-9-16(14-24)13-21-18(20-2)22-15-19(10-6-7-11-19)17(25)23(3)4;/h16H,5-15H2,1-4H3,(H2,20,21,22);1H. The van der Waals surface area contributed by atoms with E-state index in [0.29, 0.717) is 12.5 Å². The van der Waals surface area contributed by atoms with Gasteiger partial charge >= 0.3 is 0 Å². The van der Waals surface area contributed by atoms with Crippen LogP contribution in [-0.4, -0.2) is 75.5 Å². The van der Waals surface area contributed by atoms with E-state index in [2.05, 4.69) is 27.4 Å². The molecule has 0 bridgehead atoms. The Morgan fingerprint density at radius 1 is 1.23 bits per heavy atom. The number of carbonyl (C=O) groups excluding carboxylic acids is 1. The molecule has 2 rings (SSSR count). The summed E-state index contributed by atoms with van der Waals surface area (Å²) >= 11 is 0. The van der Waals surface area contributed by atoms with Gasteiger partial charge in [-0.2, -0.15) is 0 Å². The van der Waals surface area contributed by atoms with E-state index < -0.39 is 0 Å². The minimum absolute atomic E-state index is 0. The monoisotopic (exact) mass is 479 g/mol. The highest BCUT2D eigenvalue weighted by molar-refractivity contribution is 14.0. The molecule has 0 radical (unpaired) electrons. The Bertz CT molecular complexity index is 463. The molecule has 7 heteroatoms. The largest absolute Gasteiger partial charge is 0.356 e. The SMILES string of the molecule is CCN1CCCC(CNC(=NC)NCC2(C(=O)N(C)C)CCCC2)C1.I. The van der Waals surface area contributed by atoms with Gasteiger partial charge in [-0.05, 0) is 44.7 Å². The van der Waals surface area contributed by atoms with Gasteiger partial charge in [-0.3, -0.25) is 9.79 Å². The molecule has 1 atom stereocenters. The van der Waals surface area contributed by atoms with Crippen LogP contribution in [0.1, 0.15) is 45.4 Å². The molecule has 0 aromatic rings. The predicted molar refractivity (Wildman–Crippen MR) is 119 cm³/mol. The van der Waals surface area contributed by atoms with Gasteiger partial charge in [0.25, 0.3) is 0 Å². The zero-order valence-electron chi connectivity index (χ0n) is 17.0. The minimum atomic E-state index is -0.259. The summed E-state index contributed by atoms with van der Waals surface area (Å²) in [7, 11) is 5.53. The molecule has 2 fully saturated rings. The molecule has 0 aromatic heterocycles. The number of nitrogens with zero attached hydrogens (tertiary/aromatic N) is 3. The summed E-state index contributed by atoms with van der Waals surface area (Å²) in [5, 5.41) is 6.91. The lowest BCUT2D eigenvalue weighted by Crippen LogP contribution is -2.50. The van der Waals surface area contributed by atoms with Gasteiger partial charge in [-0.25, -0.2) is 0 Å². The lowest BCUT2D eigenvalue weighted by molar-refractivity contribution is -0.138. The van der Waals surface area contributed by atoms with Crippen LogP contribution in [0.4, 0.5) is 0 Å². The summed E-state index contributed by atoms with van der Waals surface area (Å²) in [6.07, 6.45) is 6.80. The second-order valence-electron chi connectivity index (χ2n) is 7.90. The van der Waals surface area contributed by atoms with E-state index in [1.165, 1.54) is 25.9 Å². The molecule has 152 valence electrons. The van der Waals surface area contributed by atoms with Crippen molar-refractivity contribution in [2.75, 3.05) is 53.9 Å². The molecule has 1 unspecified atom stereocenters. The van der Waals surface area contributed by atoms with Crippen molar-refractivity contribution >= 4 is 35.8 Å². The van der Waals surface area contributed by atoms with Crippen molar-refractivity contribution in [3.8, 4) is 0 Å². The molecule has 1 saturated heterocycles. The van der Waals surface area contributed by atoms with E-state index in [-0.39, 0.29) is 35.3 Å². The smallest absolute Gasteiger partial charge is 0.230 e. The van der Waals surface area contributed by atoms with Crippen LogP contribution in [0.3, 0.4) is 0 Å². The van der Waals surface area contributed by atoms with Gasteiger partial charge in [0, 0.05) is 40.8 Å². The number of likely N-dealkylation sites (tertiary alicyclic amines) is 1. The number of hydrogen-bond acceptors (Lipinski definition) is 3. The van der Waals surface area contributed by atoms with Gasteiger partial charge in [0.05, 0.1) is 5.41 Å². The third-order valence-corrected chi connectivity index (χ3v) is 5.85. The quantitative estimate of drug-likeness (QED) is 0.348. The zero-order chi connectivity index (χ0) is 18.3. The molecule has 2 N–H and O–H groups in total. The van der Waals surface area contributed by atoms with E-state index in [1.54, 1.807) is 4.90 Å². The molecular weight excluding hydrogens is 441 g/mol. The van der Waals surface area contributed by atoms with Crippen molar-refractivity contribution in [1.82, 2.24) is 20.4 Å².